The number of allylic oxidation sites excluding steroid dienone is 3. The Bertz CT molecular complexity index is 316. The molecule has 1 aliphatic carbocycles. The topological polar surface area (TPSA) is 9.23 Å². The first-order valence-corrected chi connectivity index (χ1v) is 9.74. The van der Waals surface area contributed by atoms with Gasteiger partial charge < -0.3 is 4.43 Å². The van der Waals surface area contributed by atoms with Crippen molar-refractivity contribution in [3.63, 3.8) is 0 Å². The molecule has 0 heterocycles. The first kappa shape index (κ1) is 13.6. The van der Waals surface area contributed by atoms with Crippen LogP contribution in [0.25, 0.3) is 0 Å². The molecule has 0 atom stereocenters. The maximum absolute atomic E-state index is 6.22. The maximum atomic E-state index is 6.22. The zero-order valence-corrected chi connectivity index (χ0v) is 12.8. The highest BCUT2D eigenvalue weighted by molar-refractivity contribution is 6.70. The van der Waals surface area contributed by atoms with E-state index in [1.165, 1.54) is 16.9 Å². The molecule has 0 saturated heterocycles. The standard InChI is InChI=1S/C14H26OSi/c1-10(2)12-8-13(11(3)4)14(9-12)15-16(5,6)7/h8,10-11H,9H2,1-7H3. The van der Waals surface area contributed by atoms with Gasteiger partial charge in [-0.2, -0.15) is 0 Å². The van der Waals surface area contributed by atoms with Crippen LogP contribution >= 0.6 is 0 Å². The van der Waals surface area contributed by atoms with Crippen molar-refractivity contribution in [2.24, 2.45) is 11.8 Å². The van der Waals surface area contributed by atoms with Crippen LogP contribution < -0.4 is 0 Å². The van der Waals surface area contributed by atoms with Crippen LogP contribution in [0.3, 0.4) is 0 Å². The van der Waals surface area contributed by atoms with Crippen molar-refractivity contribution in [2.75, 3.05) is 0 Å². The Balaban J connectivity index is 2.88. The lowest BCUT2D eigenvalue weighted by Crippen LogP contribution is -2.25. The fourth-order valence-corrected chi connectivity index (χ4v) is 2.87. The smallest absolute Gasteiger partial charge is 0.241 e. The van der Waals surface area contributed by atoms with Gasteiger partial charge in [0.05, 0.1) is 5.76 Å². The lowest BCUT2D eigenvalue weighted by Gasteiger charge is -2.23. The van der Waals surface area contributed by atoms with Crippen molar-refractivity contribution in [3.8, 4) is 0 Å². The van der Waals surface area contributed by atoms with E-state index < -0.39 is 8.32 Å². The molecule has 16 heavy (non-hydrogen) atoms. The Kier molecular flexibility index (Phi) is 4.05. The fraction of sp³-hybridized carbons (Fsp3) is 0.714. The second kappa shape index (κ2) is 4.78. The summed E-state index contributed by atoms with van der Waals surface area (Å²) in [7, 11) is -1.47. The summed E-state index contributed by atoms with van der Waals surface area (Å²) in [4.78, 5) is 0. The van der Waals surface area contributed by atoms with Crippen LogP contribution in [0.5, 0.6) is 0 Å². The summed E-state index contributed by atoms with van der Waals surface area (Å²) >= 11 is 0. The molecule has 1 rings (SSSR count). The van der Waals surface area contributed by atoms with Crippen molar-refractivity contribution < 1.29 is 4.43 Å². The highest BCUT2D eigenvalue weighted by Crippen LogP contribution is 2.35. The largest absolute Gasteiger partial charge is 0.547 e. The van der Waals surface area contributed by atoms with E-state index in [2.05, 4.69) is 53.4 Å². The van der Waals surface area contributed by atoms with Gasteiger partial charge in [0.25, 0.3) is 0 Å². The molecule has 0 aromatic rings. The number of hydrogen-bond donors (Lipinski definition) is 0. The molecular formula is C14H26OSi. The number of hydrogen-bond acceptors (Lipinski definition) is 1. The minimum Gasteiger partial charge on any atom is -0.547 e. The van der Waals surface area contributed by atoms with Crippen LogP contribution in [0, 0.1) is 11.8 Å². The molecule has 1 aliphatic rings. The Labute approximate surface area is 102 Å². The summed E-state index contributed by atoms with van der Waals surface area (Å²) in [5.74, 6) is 2.46. The molecule has 0 aromatic carbocycles. The summed E-state index contributed by atoms with van der Waals surface area (Å²) in [5.41, 5.74) is 2.95. The third-order valence-corrected chi connectivity index (χ3v) is 3.68. The van der Waals surface area contributed by atoms with Gasteiger partial charge in [0, 0.05) is 6.42 Å². The van der Waals surface area contributed by atoms with Gasteiger partial charge in [0.2, 0.25) is 8.32 Å². The molecular weight excluding hydrogens is 212 g/mol. The van der Waals surface area contributed by atoms with Gasteiger partial charge in [-0.1, -0.05) is 39.3 Å². The average Bonchev–Trinajstić information content (AvgIpc) is 2.44. The molecule has 0 radical (unpaired) electrons. The SMILES string of the molecule is CC(C)C1=CC(C(C)C)=C(O[Si](C)(C)C)C1. The van der Waals surface area contributed by atoms with E-state index in [1.54, 1.807) is 0 Å². The van der Waals surface area contributed by atoms with Gasteiger partial charge in [-0.25, -0.2) is 0 Å². The van der Waals surface area contributed by atoms with Crippen molar-refractivity contribution in [2.45, 2.75) is 53.8 Å². The Morgan fingerprint density at radius 2 is 1.62 bits per heavy atom. The van der Waals surface area contributed by atoms with E-state index >= 15 is 0 Å². The predicted octanol–water partition coefficient (Wildman–Crippen LogP) is 4.73. The summed E-state index contributed by atoms with van der Waals surface area (Å²) in [5, 5.41) is 0. The molecule has 0 aromatic heterocycles. The third-order valence-electron chi connectivity index (χ3n) is 2.82. The molecule has 0 spiro atoms. The van der Waals surface area contributed by atoms with Crippen molar-refractivity contribution >= 4 is 8.32 Å². The molecule has 0 N–H and O–H groups in total. The third kappa shape index (κ3) is 3.51. The Hall–Kier alpha value is -0.503. The summed E-state index contributed by atoms with van der Waals surface area (Å²) in [6.07, 6.45) is 3.40. The molecule has 0 saturated carbocycles. The molecule has 92 valence electrons. The van der Waals surface area contributed by atoms with E-state index in [1.807, 2.05) is 0 Å². The van der Waals surface area contributed by atoms with E-state index in [-0.39, 0.29) is 0 Å². The lowest BCUT2D eigenvalue weighted by molar-refractivity contribution is 0.399. The molecule has 1 nitrogen and oxygen atoms in total. The first-order chi connectivity index (χ1) is 7.20. The predicted molar refractivity (Wildman–Crippen MR) is 73.8 cm³/mol. The van der Waals surface area contributed by atoms with Crippen LogP contribution in [0.15, 0.2) is 23.0 Å². The van der Waals surface area contributed by atoms with Crippen molar-refractivity contribution in [1.82, 2.24) is 0 Å². The lowest BCUT2D eigenvalue weighted by atomic mass is 10.0. The van der Waals surface area contributed by atoms with Crippen molar-refractivity contribution in [1.29, 1.82) is 0 Å². The summed E-state index contributed by atoms with van der Waals surface area (Å²) in [6, 6.07) is 0. The van der Waals surface area contributed by atoms with Gasteiger partial charge in [0.1, 0.15) is 0 Å². The van der Waals surface area contributed by atoms with Gasteiger partial charge >= 0.3 is 0 Å². The molecule has 0 bridgehead atoms. The van der Waals surface area contributed by atoms with Gasteiger partial charge in [-0.3, -0.25) is 0 Å². The maximum Gasteiger partial charge on any atom is 0.241 e. The van der Waals surface area contributed by atoms with Crippen LogP contribution in [0.1, 0.15) is 34.1 Å². The molecule has 0 aliphatic heterocycles. The van der Waals surface area contributed by atoms with Crippen LogP contribution in [0.2, 0.25) is 19.6 Å². The van der Waals surface area contributed by atoms with Crippen LogP contribution in [0.4, 0.5) is 0 Å². The fourth-order valence-electron chi connectivity index (χ4n) is 1.94. The van der Waals surface area contributed by atoms with Gasteiger partial charge in [0.15, 0.2) is 0 Å². The molecule has 2 heteroatoms. The minimum absolute atomic E-state index is 0.572. The van der Waals surface area contributed by atoms with Gasteiger partial charge in [-0.05, 0) is 37.0 Å². The zero-order chi connectivity index (χ0) is 12.5. The average molecular weight is 238 g/mol. The number of rotatable bonds is 4. The molecule has 0 fully saturated rings. The van der Waals surface area contributed by atoms with E-state index in [0.717, 1.165) is 6.42 Å². The van der Waals surface area contributed by atoms with Crippen molar-refractivity contribution in [3.05, 3.63) is 23.0 Å². The van der Waals surface area contributed by atoms with E-state index in [9.17, 15) is 0 Å². The highest BCUT2D eigenvalue weighted by atomic mass is 28.4. The highest BCUT2D eigenvalue weighted by Gasteiger charge is 2.25. The van der Waals surface area contributed by atoms with Gasteiger partial charge in [-0.15, -0.1) is 0 Å². The Morgan fingerprint density at radius 1 is 1.06 bits per heavy atom. The summed E-state index contributed by atoms with van der Waals surface area (Å²) in [6.45, 7) is 15.8. The van der Waals surface area contributed by atoms with Crippen LogP contribution in [-0.2, 0) is 4.43 Å². The quantitative estimate of drug-likeness (QED) is 0.643. The summed E-state index contributed by atoms with van der Waals surface area (Å²) < 4.78 is 6.22. The van der Waals surface area contributed by atoms with Crippen LogP contribution in [-0.4, -0.2) is 8.32 Å². The second-order valence-corrected chi connectivity index (χ2v) is 10.7. The van der Waals surface area contributed by atoms with E-state index in [0.29, 0.717) is 11.8 Å². The molecule has 0 amide bonds. The zero-order valence-electron chi connectivity index (χ0n) is 11.8. The second-order valence-electron chi connectivity index (χ2n) is 6.30. The first-order valence-electron chi connectivity index (χ1n) is 6.33. The Morgan fingerprint density at radius 3 is 2.00 bits per heavy atom. The molecule has 0 unspecified atom stereocenters. The normalized spacial score (nSPS) is 17.4. The monoisotopic (exact) mass is 238 g/mol. The van der Waals surface area contributed by atoms with E-state index in [4.69, 9.17) is 4.43 Å². The minimum atomic E-state index is -1.47.